The molecule has 2 heterocycles. The molecule has 0 aromatic heterocycles. The van der Waals surface area contributed by atoms with Gasteiger partial charge in [-0.15, -0.1) is 0 Å². The normalized spacial score (nSPS) is 17.4. The highest BCUT2D eigenvalue weighted by Gasteiger charge is 2.05. The summed E-state index contributed by atoms with van der Waals surface area (Å²) in [6.45, 7) is 8.21. The number of hydrogen-bond acceptors (Lipinski definition) is 5. The number of ketones is 1. The number of nitrogens with zero attached hydrogens (tertiary/aromatic N) is 2. The van der Waals surface area contributed by atoms with Gasteiger partial charge in [0, 0.05) is 6.61 Å². The lowest BCUT2D eigenvalue weighted by Gasteiger charge is -2.24. The standard InChI is InChI=1S/2C4H9N.C3H6O2.C2H6O/c2*1-5-3-2-4-5;1-3(5)2-4;1-2-3/h2*2-4H2,1H3;4H,2H2,1H3;3H,2H2,1H3. The highest BCUT2D eigenvalue weighted by molar-refractivity contribution is 5.76. The van der Waals surface area contributed by atoms with Crippen LogP contribution in [0.1, 0.15) is 26.7 Å². The monoisotopic (exact) mass is 262 g/mol. The summed E-state index contributed by atoms with van der Waals surface area (Å²) in [7, 11) is 4.28. The van der Waals surface area contributed by atoms with Crippen LogP contribution >= 0.6 is 0 Å². The maximum Gasteiger partial charge on any atom is 0.155 e. The van der Waals surface area contributed by atoms with E-state index in [-0.39, 0.29) is 19.0 Å². The van der Waals surface area contributed by atoms with Crippen molar-refractivity contribution < 1.29 is 15.0 Å². The summed E-state index contributed by atoms with van der Waals surface area (Å²) in [5, 5.41) is 15.4. The zero-order chi connectivity index (χ0) is 14.4. The Hall–Kier alpha value is -0.490. The largest absolute Gasteiger partial charge is 0.397 e. The van der Waals surface area contributed by atoms with Crippen LogP contribution in [0.5, 0.6) is 0 Å². The van der Waals surface area contributed by atoms with Crippen LogP contribution < -0.4 is 0 Å². The number of aliphatic hydroxyl groups excluding tert-OH is 2. The van der Waals surface area contributed by atoms with E-state index in [4.69, 9.17) is 10.2 Å². The van der Waals surface area contributed by atoms with Crippen molar-refractivity contribution in [1.82, 2.24) is 9.80 Å². The molecule has 0 bridgehead atoms. The van der Waals surface area contributed by atoms with Crippen molar-refractivity contribution >= 4 is 5.78 Å². The predicted molar refractivity (Wildman–Crippen MR) is 74.8 cm³/mol. The molecule has 5 nitrogen and oxygen atoms in total. The molecule has 2 fully saturated rings. The Morgan fingerprint density at radius 3 is 1.17 bits per heavy atom. The van der Waals surface area contributed by atoms with Gasteiger partial charge in [-0.3, -0.25) is 4.79 Å². The summed E-state index contributed by atoms with van der Waals surface area (Å²) in [4.78, 5) is 14.2. The third-order valence-electron chi connectivity index (χ3n) is 2.38. The fourth-order valence-corrected chi connectivity index (χ4v) is 0.949. The van der Waals surface area contributed by atoms with Gasteiger partial charge in [0.15, 0.2) is 5.78 Å². The van der Waals surface area contributed by atoms with Gasteiger partial charge in [-0.1, -0.05) is 0 Å². The van der Waals surface area contributed by atoms with Gasteiger partial charge in [0.2, 0.25) is 0 Å². The summed E-state index contributed by atoms with van der Waals surface area (Å²) in [5.41, 5.74) is 0. The van der Waals surface area contributed by atoms with E-state index in [2.05, 4.69) is 23.9 Å². The van der Waals surface area contributed by atoms with E-state index in [0.717, 1.165) is 0 Å². The SMILES string of the molecule is CC(=O)CO.CCO.CN1CCC1.CN1CCC1. The fraction of sp³-hybridized carbons (Fsp3) is 0.923. The summed E-state index contributed by atoms with van der Waals surface area (Å²) in [5.74, 6) is -0.190. The molecule has 2 saturated heterocycles. The van der Waals surface area contributed by atoms with Crippen molar-refractivity contribution in [1.29, 1.82) is 0 Å². The molecule has 110 valence electrons. The second-order valence-electron chi connectivity index (χ2n) is 4.49. The van der Waals surface area contributed by atoms with Crippen LogP contribution in [-0.4, -0.2) is 79.3 Å². The Labute approximate surface area is 111 Å². The van der Waals surface area contributed by atoms with Gasteiger partial charge < -0.3 is 20.0 Å². The number of carbonyl (C=O) groups excluding carboxylic acids is 1. The molecule has 18 heavy (non-hydrogen) atoms. The number of hydrogen-bond donors (Lipinski definition) is 2. The van der Waals surface area contributed by atoms with Crippen LogP contribution in [0.15, 0.2) is 0 Å². The zero-order valence-electron chi connectivity index (χ0n) is 12.4. The lowest BCUT2D eigenvalue weighted by atomic mass is 10.2. The summed E-state index contributed by atoms with van der Waals surface area (Å²) < 4.78 is 0. The maximum absolute atomic E-state index is 9.56. The fourth-order valence-electron chi connectivity index (χ4n) is 0.949. The minimum absolute atomic E-state index is 0.190. The second kappa shape index (κ2) is 14.6. The smallest absolute Gasteiger partial charge is 0.155 e. The molecular formula is C13H30N2O3. The van der Waals surface area contributed by atoms with Crippen LogP contribution in [0.2, 0.25) is 0 Å². The van der Waals surface area contributed by atoms with Crippen molar-refractivity contribution in [2.24, 2.45) is 0 Å². The molecule has 0 atom stereocenters. The Morgan fingerprint density at radius 1 is 1.00 bits per heavy atom. The van der Waals surface area contributed by atoms with Crippen molar-refractivity contribution in [3.05, 3.63) is 0 Å². The minimum atomic E-state index is -0.333. The second-order valence-corrected chi connectivity index (χ2v) is 4.49. The van der Waals surface area contributed by atoms with Gasteiger partial charge >= 0.3 is 0 Å². The van der Waals surface area contributed by atoms with E-state index < -0.39 is 0 Å². The van der Waals surface area contributed by atoms with Crippen LogP contribution in [0.3, 0.4) is 0 Å². The number of likely N-dealkylation sites (tertiary alicyclic amines) is 2. The molecule has 0 saturated carbocycles. The molecule has 0 unspecified atom stereocenters. The lowest BCUT2D eigenvalue weighted by Crippen LogP contribution is -2.32. The first-order valence-corrected chi connectivity index (χ1v) is 6.56. The molecule has 0 radical (unpaired) electrons. The molecule has 0 spiro atoms. The molecular weight excluding hydrogens is 232 g/mol. The van der Waals surface area contributed by atoms with Gasteiger partial charge in [-0.25, -0.2) is 0 Å². The third-order valence-corrected chi connectivity index (χ3v) is 2.38. The van der Waals surface area contributed by atoms with Crippen molar-refractivity contribution in [3.8, 4) is 0 Å². The van der Waals surface area contributed by atoms with E-state index in [0.29, 0.717) is 0 Å². The highest BCUT2D eigenvalue weighted by atomic mass is 16.3. The average molecular weight is 262 g/mol. The van der Waals surface area contributed by atoms with Crippen LogP contribution in [-0.2, 0) is 4.79 Å². The molecule has 0 amide bonds. The van der Waals surface area contributed by atoms with E-state index in [1.165, 1.54) is 45.9 Å². The van der Waals surface area contributed by atoms with Crippen molar-refractivity contribution in [2.75, 3.05) is 53.5 Å². The Balaban J connectivity index is 0. The van der Waals surface area contributed by atoms with Crippen molar-refractivity contribution in [2.45, 2.75) is 26.7 Å². The quantitative estimate of drug-likeness (QED) is 0.707. The number of aliphatic hydroxyl groups is 2. The first kappa shape index (κ1) is 19.8. The molecule has 0 aliphatic carbocycles. The molecule has 2 rings (SSSR count). The first-order valence-electron chi connectivity index (χ1n) is 6.56. The van der Waals surface area contributed by atoms with E-state index in [9.17, 15) is 4.79 Å². The zero-order valence-corrected chi connectivity index (χ0v) is 12.4. The minimum Gasteiger partial charge on any atom is -0.397 e. The molecule has 5 heteroatoms. The molecule has 2 aliphatic rings. The van der Waals surface area contributed by atoms with Gasteiger partial charge in [-0.2, -0.15) is 0 Å². The maximum atomic E-state index is 9.56. The number of Topliss-reactive ketones (excluding diaryl/α,β-unsaturated/α-hetero) is 1. The van der Waals surface area contributed by atoms with Gasteiger partial charge in [0.05, 0.1) is 0 Å². The Morgan fingerprint density at radius 2 is 1.17 bits per heavy atom. The van der Waals surface area contributed by atoms with E-state index >= 15 is 0 Å². The lowest BCUT2D eigenvalue weighted by molar-refractivity contribution is -0.119. The van der Waals surface area contributed by atoms with Crippen molar-refractivity contribution in [3.63, 3.8) is 0 Å². The summed E-state index contributed by atoms with van der Waals surface area (Å²) in [6, 6.07) is 0. The average Bonchev–Trinajstić information content (AvgIpc) is 2.26. The third kappa shape index (κ3) is 17.9. The van der Waals surface area contributed by atoms with Gasteiger partial charge in [-0.05, 0) is 67.0 Å². The Kier molecular flexibility index (Phi) is 16.1. The Bertz CT molecular complexity index is 169. The molecule has 2 N–H and O–H groups in total. The first-order chi connectivity index (χ1) is 8.47. The van der Waals surface area contributed by atoms with E-state index in [1.807, 2.05) is 0 Å². The number of rotatable bonds is 1. The van der Waals surface area contributed by atoms with Crippen LogP contribution in [0.4, 0.5) is 0 Å². The highest BCUT2D eigenvalue weighted by Crippen LogP contribution is 1.98. The number of carbonyl (C=O) groups is 1. The van der Waals surface area contributed by atoms with Gasteiger partial charge in [0.25, 0.3) is 0 Å². The molecule has 2 aliphatic heterocycles. The van der Waals surface area contributed by atoms with E-state index in [1.54, 1.807) is 6.92 Å². The summed E-state index contributed by atoms with van der Waals surface area (Å²) >= 11 is 0. The molecule has 0 aromatic carbocycles. The topological polar surface area (TPSA) is 64.0 Å². The van der Waals surface area contributed by atoms with Crippen LogP contribution in [0, 0.1) is 0 Å². The molecule has 0 aromatic rings. The van der Waals surface area contributed by atoms with Crippen LogP contribution in [0.25, 0.3) is 0 Å². The summed E-state index contributed by atoms with van der Waals surface area (Å²) in [6.07, 6.45) is 2.83. The van der Waals surface area contributed by atoms with Gasteiger partial charge in [0.1, 0.15) is 6.61 Å². The predicted octanol–water partition coefficient (Wildman–Crippen LogP) is 0.210.